The summed E-state index contributed by atoms with van der Waals surface area (Å²) in [6.07, 6.45) is 3.25. The molecule has 24 heavy (non-hydrogen) atoms. The van der Waals surface area contributed by atoms with Gasteiger partial charge in [0, 0.05) is 17.3 Å². The molecular formula is C17H16Cl2N2O3. The number of aromatic nitrogens is 1. The highest BCUT2D eigenvalue weighted by Crippen LogP contribution is 2.31. The van der Waals surface area contributed by atoms with Crippen LogP contribution in [0.3, 0.4) is 0 Å². The molecule has 0 radical (unpaired) electrons. The molecule has 0 spiro atoms. The molecule has 1 aromatic heterocycles. The van der Waals surface area contributed by atoms with Crippen LogP contribution in [0, 0.1) is 0 Å². The summed E-state index contributed by atoms with van der Waals surface area (Å²) in [6, 6.07) is 10.8. The van der Waals surface area contributed by atoms with Gasteiger partial charge in [0.05, 0.1) is 0 Å². The Balaban J connectivity index is 0.000000174. The van der Waals surface area contributed by atoms with Crippen LogP contribution in [0.5, 0.6) is 5.88 Å². The van der Waals surface area contributed by atoms with Crippen molar-refractivity contribution in [2.24, 2.45) is 5.73 Å². The highest BCUT2D eigenvalue weighted by Gasteiger charge is 2.30. The number of carboxylic acid groups (broad SMARTS) is 1. The largest absolute Gasteiger partial charge is 0.481 e. The number of rotatable bonds is 3. The Bertz CT molecular complexity index is 745. The van der Waals surface area contributed by atoms with E-state index in [2.05, 4.69) is 11.6 Å². The van der Waals surface area contributed by atoms with Gasteiger partial charge in [-0.2, -0.15) is 0 Å². The zero-order valence-corrected chi connectivity index (χ0v) is 14.2. The molecule has 126 valence electrons. The van der Waals surface area contributed by atoms with Crippen LogP contribution in [0.4, 0.5) is 0 Å². The van der Waals surface area contributed by atoms with E-state index in [9.17, 15) is 4.79 Å². The lowest BCUT2D eigenvalue weighted by atomic mass is 10.0. The Labute approximate surface area is 149 Å². The predicted octanol–water partition coefficient (Wildman–Crippen LogP) is 3.52. The smallest absolute Gasteiger partial charge is 0.314 e. The molecule has 2 heterocycles. The van der Waals surface area contributed by atoms with Crippen LogP contribution in [-0.2, 0) is 9.25 Å². The highest BCUT2D eigenvalue weighted by atomic mass is 35.5. The van der Waals surface area contributed by atoms with Crippen LogP contribution in [0.25, 0.3) is 6.08 Å². The lowest BCUT2D eigenvalue weighted by Crippen LogP contribution is -2.23. The van der Waals surface area contributed by atoms with Crippen LogP contribution in [0.1, 0.15) is 22.6 Å². The van der Waals surface area contributed by atoms with Crippen molar-refractivity contribution in [2.75, 3.05) is 6.61 Å². The minimum atomic E-state index is -1.34. The fraction of sp³-hybridized carbons (Fsp3) is 0.176. The molecule has 2 aromatic rings. The zero-order valence-electron chi connectivity index (χ0n) is 12.7. The zero-order chi connectivity index (χ0) is 17.7. The Morgan fingerprint density at radius 2 is 2.08 bits per heavy atom. The average Bonchev–Trinajstić information content (AvgIpc) is 2.99. The van der Waals surface area contributed by atoms with Gasteiger partial charge < -0.3 is 9.84 Å². The molecule has 1 atom stereocenters. The summed E-state index contributed by atoms with van der Waals surface area (Å²) in [7, 11) is 0. The van der Waals surface area contributed by atoms with Gasteiger partial charge >= 0.3 is 5.97 Å². The maximum Gasteiger partial charge on any atom is 0.314 e. The molecule has 1 unspecified atom stereocenters. The molecule has 5 nitrogen and oxygen atoms in total. The van der Waals surface area contributed by atoms with Crippen molar-refractivity contribution in [1.82, 2.24) is 4.98 Å². The van der Waals surface area contributed by atoms with Gasteiger partial charge in [-0.25, -0.2) is 4.98 Å². The first kappa shape index (κ1) is 18.3. The number of halogens is 2. The van der Waals surface area contributed by atoms with Crippen molar-refractivity contribution >= 4 is 35.2 Å². The van der Waals surface area contributed by atoms with E-state index >= 15 is 0 Å². The van der Waals surface area contributed by atoms with Gasteiger partial charge in [-0.3, -0.25) is 10.5 Å². The molecule has 0 fully saturated rings. The third-order valence-electron chi connectivity index (χ3n) is 3.40. The number of alkyl halides is 2. The van der Waals surface area contributed by atoms with E-state index < -0.39 is 16.3 Å². The number of hydrogen-bond donors (Lipinski definition) is 2. The van der Waals surface area contributed by atoms with Gasteiger partial charge in [-0.05, 0) is 11.6 Å². The third kappa shape index (κ3) is 4.26. The number of ether oxygens (including phenoxy) is 1. The summed E-state index contributed by atoms with van der Waals surface area (Å²) in [5.41, 5.74) is 7.71. The van der Waals surface area contributed by atoms with E-state index in [1.807, 2.05) is 18.2 Å². The summed E-state index contributed by atoms with van der Waals surface area (Å²) in [5, 5.41) is 8.75. The minimum Gasteiger partial charge on any atom is -0.481 e. The number of carbonyl (C=O) groups is 1. The van der Waals surface area contributed by atoms with Crippen LogP contribution < -0.4 is 10.5 Å². The molecule has 1 aliphatic rings. The molecule has 0 saturated heterocycles. The van der Waals surface area contributed by atoms with Gasteiger partial charge in [0.15, 0.2) is 4.46 Å². The van der Waals surface area contributed by atoms with Crippen LogP contribution >= 0.6 is 23.2 Å². The molecular weight excluding hydrogens is 351 g/mol. The van der Waals surface area contributed by atoms with E-state index in [4.69, 9.17) is 38.8 Å². The normalized spacial score (nSPS) is 15.5. The Hall–Kier alpha value is -2.08. The first-order valence-electron chi connectivity index (χ1n) is 7.03. The molecule has 7 heteroatoms. The van der Waals surface area contributed by atoms with Gasteiger partial charge in [0.2, 0.25) is 5.88 Å². The molecule has 1 aromatic carbocycles. The molecule has 0 aliphatic carbocycles. The molecule has 0 amide bonds. The predicted molar refractivity (Wildman–Crippen MR) is 94.2 cm³/mol. The molecule has 3 rings (SSSR count). The second-order valence-electron chi connectivity index (χ2n) is 5.01. The Morgan fingerprint density at radius 1 is 1.38 bits per heavy atom. The first-order chi connectivity index (χ1) is 11.3. The second kappa shape index (κ2) is 7.66. The topological polar surface area (TPSA) is 85.4 Å². The second-order valence-corrected chi connectivity index (χ2v) is 6.40. The number of carboxylic acids is 1. The van der Waals surface area contributed by atoms with Crippen LogP contribution in [0.2, 0.25) is 0 Å². The third-order valence-corrected chi connectivity index (χ3v) is 3.81. The van der Waals surface area contributed by atoms with Crippen LogP contribution in [-0.4, -0.2) is 22.7 Å². The lowest BCUT2D eigenvalue weighted by Gasteiger charge is -2.15. The minimum absolute atomic E-state index is 0.196. The van der Waals surface area contributed by atoms with Gasteiger partial charge in [-0.15, -0.1) is 0 Å². The molecule has 1 aliphatic heterocycles. The van der Waals surface area contributed by atoms with Crippen LogP contribution in [0.15, 0.2) is 49.2 Å². The van der Waals surface area contributed by atoms with E-state index in [0.29, 0.717) is 17.0 Å². The number of pyridine rings is 1. The molecule has 0 bridgehead atoms. The van der Waals surface area contributed by atoms with Crippen molar-refractivity contribution < 1.29 is 14.6 Å². The van der Waals surface area contributed by atoms with Crippen molar-refractivity contribution in [2.45, 2.75) is 10.4 Å². The summed E-state index contributed by atoms with van der Waals surface area (Å²) in [4.78, 5) is 14.6. The van der Waals surface area contributed by atoms with Crippen molar-refractivity contribution in [3.8, 4) is 5.88 Å². The quantitative estimate of drug-likeness (QED) is 0.641. The maximum atomic E-state index is 10.7. The number of aliphatic carboxylic acids is 1. The van der Waals surface area contributed by atoms with Crippen molar-refractivity contribution in [3.63, 3.8) is 0 Å². The highest BCUT2D eigenvalue weighted by molar-refractivity contribution is 6.47. The first-order valence-corrected chi connectivity index (χ1v) is 7.79. The average molecular weight is 367 g/mol. The summed E-state index contributed by atoms with van der Waals surface area (Å²) >= 11 is 11.5. The maximum absolute atomic E-state index is 10.7. The molecule has 0 saturated carbocycles. The summed E-state index contributed by atoms with van der Waals surface area (Å²) < 4.78 is 3.74. The standard InChI is InChI=1S/C9H9Cl2N.C8H7NO3/c1-2-7-5-3-4-6-8(7)9(10,11)12;10-8(11)6-4-12-7-5(6)2-1-3-9-7/h2-6H,1,12H2;1-3,6H,4H2,(H,10,11). The molecule has 3 N–H and O–H groups in total. The van der Waals surface area contributed by atoms with Gasteiger partial charge in [-0.1, -0.05) is 66.2 Å². The summed E-state index contributed by atoms with van der Waals surface area (Å²) in [5.74, 6) is -0.958. The number of hydrogen-bond acceptors (Lipinski definition) is 4. The number of nitrogens with zero attached hydrogens (tertiary/aromatic N) is 1. The lowest BCUT2D eigenvalue weighted by molar-refractivity contribution is -0.138. The van der Waals surface area contributed by atoms with E-state index in [0.717, 1.165) is 5.56 Å². The number of fused-ring (bicyclic) bond motifs is 1. The number of benzene rings is 1. The summed E-state index contributed by atoms with van der Waals surface area (Å²) in [6.45, 7) is 3.83. The van der Waals surface area contributed by atoms with E-state index in [-0.39, 0.29) is 6.61 Å². The van der Waals surface area contributed by atoms with Crippen molar-refractivity contribution in [3.05, 3.63) is 65.9 Å². The fourth-order valence-electron chi connectivity index (χ4n) is 2.22. The Morgan fingerprint density at radius 3 is 2.67 bits per heavy atom. The SMILES string of the molecule is C=Cc1ccccc1C(N)(Cl)Cl.O=C(O)C1COc2ncccc21. The van der Waals surface area contributed by atoms with Gasteiger partial charge in [0.25, 0.3) is 0 Å². The van der Waals surface area contributed by atoms with E-state index in [1.54, 1.807) is 30.5 Å². The number of nitrogens with two attached hydrogens (primary N) is 1. The fourth-order valence-corrected chi connectivity index (χ4v) is 2.57. The van der Waals surface area contributed by atoms with E-state index in [1.165, 1.54) is 0 Å². The monoisotopic (exact) mass is 366 g/mol. The van der Waals surface area contributed by atoms with Gasteiger partial charge in [0.1, 0.15) is 12.5 Å². The Kier molecular flexibility index (Phi) is 5.83. The van der Waals surface area contributed by atoms with Crippen molar-refractivity contribution in [1.29, 1.82) is 0 Å².